The van der Waals surface area contributed by atoms with Crippen LogP contribution >= 0.6 is 0 Å². The minimum atomic E-state index is -0.387. The Morgan fingerprint density at radius 3 is 1.96 bits per heavy atom. The predicted octanol–water partition coefficient (Wildman–Crippen LogP) is -0.277. The van der Waals surface area contributed by atoms with Crippen molar-refractivity contribution in [1.82, 2.24) is 16.2 Å². The van der Waals surface area contributed by atoms with Gasteiger partial charge in [-0.15, -0.1) is 0 Å². The number of carbonyl (C=O) groups is 3. The Balaban J connectivity index is 2.45. The summed E-state index contributed by atoms with van der Waals surface area (Å²) in [6.45, 7) is 11.9. The standard InChI is InChI=1S/C20H33N5O3/c1-7-25(8-2)16-11-9-15(10-12-16)19(28)23-22-18(27)14-24(6)13-17(26)21-20(3,4)5/h9-12H,7-8,13-14H2,1-6H3,(H,21,26)(H,22,27)(H,23,28)/p+1. The van der Waals surface area contributed by atoms with Crippen LogP contribution in [0.4, 0.5) is 5.69 Å². The normalized spacial score (nSPS) is 12.1. The highest BCUT2D eigenvalue weighted by atomic mass is 16.2. The number of nitrogens with zero attached hydrogens (tertiary/aromatic N) is 1. The predicted molar refractivity (Wildman–Crippen MR) is 110 cm³/mol. The smallest absolute Gasteiger partial charge is 0.293 e. The third-order valence-electron chi connectivity index (χ3n) is 4.01. The van der Waals surface area contributed by atoms with Crippen LogP contribution in [0.3, 0.4) is 0 Å². The van der Waals surface area contributed by atoms with Gasteiger partial charge in [0.25, 0.3) is 17.7 Å². The molecule has 0 spiro atoms. The molecule has 4 N–H and O–H groups in total. The lowest BCUT2D eigenvalue weighted by atomic mass is 10.1. The molecule has 1 unspecified atom stereocenters. The zero-order valence-corrected chi connectivity index (χ0v) is 17.8. The van der Waals surface area contributed by atoms with Gasteiger partial charge in [0, 0.05) is 29.9 Å². The molecule has 0 aromatic heterocycles. The van der Waals surface area contributed by atoms with Crippen molar-refractivity contribution < 1.29 is 19.3 Å². The Hall–Kier alpha value is -2.61. The van der Waals surface area contributed by atoms with E-state index in [1.54, 1.807) is 19.2 Å². The maximum absolute atomic E-state index is 12.2. The first kappa shape index (κ1) is 23.4. The molecule has 1 atom stereocenters. The minimum Gasteiger partial charge on any atom is -0.372 e. The molecule has 1 aromatic carbocycles. The van der Waals surface area contributed by atoms with Crippen LogP contribution in [0, 0.1) is 0 Å². The Kier molecular flexibility index (Phi) is 8.91. The number of carbonyl (C=O) groups excluding carboxylic acids is 3. The number of quaternary nitrogens is 1. The van der Waals surface area contributed by atoms with Crippen LogP contribution in [-0.4, -0.2) is 56.5 Å². The molecule has 0 aliphatic heterocycles. The molecule has 8 heteroatoms. The quantitative estimate of drug-likeness (QED) is 0.458. The van der Waals surface area contributed by atoms with Crippen LogP contribution in [0.5, 0.6) is 0 Å². The molecular formula is C20H34N5O3+. The van der Waals surface area contributed by atoms with E-state index in [9.17, 15) is 14.4 Å². The molecule has 0 bridgehead atoms. The summed E-state index contributed by atoms with van der Waals surface area (Å²) >= 11 is 0. The topological polar surface area (TPSA) is 95.0 Å². The second-order valence-electron chi connectivity index (χ2n) is 7.83. The number of nitrogens with one attached hydrogen (secondary N) is 4. The van der Waals surface area contributed by atoms with Gasteiger partial charge in [0.05, 0.1) is 7.05 Å². The van der Waals surface area contributed by atoms with Crippen LogP contribution in [-0.2, 0) is 9.59 Å². The number of hydrazine groups is 1. The Morgan fingerprint density at radius 2 is 1.46 bits per heavy atom. The fourth-order valence-corrected chi connectivity index (χ4v) is 2.73. The van der Waals surface area contributed by atoms with Crippen molar-refractivity contribution in [2.45, 2.75) is 40.2 Å². The molecule has 8 nitrogen and oxygen atoms in total. The molecule has 1 rings (SSSR count). The van der Waals surface area contributed by atoms with Crippen molar-refractivity contribution in [3.8, 4) is 0 Å². The molecular weight excluding hydrogens is 358 g/mol. The lowest BCUT2D eigenvalue weighted by Gasteiger charge is -2.21. The van der Waals surface area contributed by atoms with Crippen LogP contribution < -0.4 is 26.0 Å². The molecule has 0 heterocycles. The largest absolute Gasteiger partial charge is 0.372 e. The number of benzene rings is 1. The molecule has 28 heavy (non-hydrogen) atoms. The van der Waals surface area contributed by atoms with E-state index >= 15 is 0 Å². The first-order valence-electron chi connectivity index (χ1n) is 9.62. The lowest BCUT2D eigenvalue weighted by molar-refractivity contribution is -0.862. The summed E-state index contributed by atoms with van der Waals surface area (Å²) in [5, 5.41) is 2.85. The van der Waals surface area contributed by atoms with Crippen LogP contribution in [0.1, 0.15) is 45.0 Å². The van der Waals surface area contributed by atoms with Crippen molar-refractivity contribution in [3.05, 3.63) is 29.8 Å². The number of hydrogen-bond acceptors (Lipinski definition) is 4. The number of hydrogen-bond donors (Lipinski definition) is 4. The zero-order valence-electron chi connectivity index (χ0n) is 17.8. The zero-order chi connectivity index (χ0) is 21.3. The van der Waals surface area contributed by atoms with E-state index in [2.05, 4.69) is 34.9 Å². The summed E-state index contributed by atoms with van der Waals surface area (Å²) in [6, 6.07) is 7.22. The average molecular weight is 393 g/mol. The summed E-state index contributed by atoms with van der Waals surface area (Å²) in [7, 11) is 1.75. The molecule has 0 fully saturated rings. The fourth-order valence-electron chi connectivity index (χ4n) is 2.73. The van der Waals surface area contributed by atoms with Crippen molar-refractivity contribution in [2.75, 3.05) is 38.1 Å². The van der Waals surface area contributed by atoms with Gasteiger partial charge in [-0.25, -0.2) is 0 Å². The Bertz CT molecular complexity index is 663. The maximum Gasteiger partial charge on any atom is 0.293 e. The Morgan fingerprint density at radius 1 is 0.929 bits per heavy atom. The van der Waals surface area contributed by atoms with Gasteiger partial charge in [0.2, 0.25) is 0 Å². The van der Waals surface area contributed by atoms with Gasteiger partial charge >= 0.3 is 0 Å². The van der Waals surface area contributed by atoms with Crippen molar-refractivity contribution in [3.63, 3.8) is 0 Å². The van der Waals surface area contributed by atoms with Gasteiger partial charge in [-0.05, 0) is 58.9 Å². The monoisotopic (exact) mass is 392 g/mol. The summed E-state index contributed by atoms with van der Waals surface area (Å²) in [4.78, 5) is 39.0. The molecule has 1 aromatic rings. The van der Waals surface area contributed by atoms with Crippen LogP contribution in [0.25, 0.3) is 0 Å². The second-order valence-corrected chi connectivity index (χ2v) is 7.83. The third kappa shape index (κ3) is 8.39. The van der Waals surface area contributed by atoms with E-state index in [-0.39, 0.29) is 36.3 Å². The number of anilines is 1. The summed E-state index contributed by atoms with van der Waals surface area (Å²) < 4.78 is 0. The number of rotatable bonds is 8. The van der Waals surface area contributed by atoms with Crippen molar-refractivity contribution in [2.24, 2.45) is 0 Å². The van der Waals surface area contributed by atoms with Crippen LogP contribution in [0.2, 0.25) is 0 Å². The van der Waals surface area contributed by atoms with Gasteiger partial charge in [-0.1, -0.05) is 0 Å². The highest BCUT2D eigenvalue weighted by molar-refractivity contribution is 5.95. The number of amides is 3. The lowest BCUT2D eigenvalue weighted by Crippen LogP contribution is -3.11. The molecule has 0 radical (unpaired) electrons. The average Bonchev–Trinajstić information content (AvgIpc) is 2.59. The van der Waals surface area contributed by atoms with Gasteiger partial charge in [0.15, 0.2) is 13.1 Å². The minimum absolute atomic E-state index is 0.0682. The van der Waals surface area contributed by atoms with E-state index in [1.807, 2.05) is 32.9 Å². The van der Waals surface area contributed by atoms with E-state index in [4.69, 9.17) is 0 Å². The van der Waals surface area contributed by atoms with E-state index in [1.165, 1.54) is 0 Å². The second kappa shape index (κ2) is 10.7. The molecule has 0 saturated heterocycles. The SMILES string of the molecule is CCN(CC)c1ccc(C(=O)NNC(=O)C[NH+](C)CC(=O)NC(C)(C)C)cc1. The van der Waals surface area contributed by atoms with Gasteiger partial charge in [-0.3, -0.25) is 25.2 Å². The first-order valence-corrected chi connectivity index (χ1v) is 9.62. The molecule has 0 aliphatic carbocycles. The molecule has 0 saturated carbocycles. The van der Waals surface area contributed by atoms with Gasteiger partial charge < -0.3 is 15.1 Å². The first-order chi connectivity index (χ1) is 13.1. The molecule has 156 valence electrons. The van der Waals surface area contributed by atoms with Crippen molar-refractivity contribution in [1.29, 1.82) is 0 Å². The van der Waals surface area contributed by atoms with Gasteiger partial charge in [0.1, 0.15) is 0 Å². The molecule has 0 aliphatic rings. The van der Waals surface area contributed by atoms with E-state index in [0.29, 0.717) is 5.56 Å². The van der Waals surface area contributed by atoms with Gasteiger partial charge in [-0.2, -0.15) is 0 Å². The van der Waals surface area contributed by atoms with Crippen molar-refractivity contribution >= 4 is 23.4 Å². The fraction of sp³-hybridized carbons (Fsp3) is 0.550. The highest BCUT2D eigenvalue weighted by Crippen LogP contribution is 2.14. The van der Waals surface area contributed by atoms with E-state index < -0.39 is 0 Å². The third-order valence-corrected chi connectivity index (χ3v) is 4.01. The summed E-state index contributed by atoms with van der Waals surface area (Å²) in [6.07, 6.45) is 0. The molecule has 3 amide bonds. The van der Waals surface area contributed by atoms with E-state index in [0.717, 1.165) is 23.7 Å². The maximum atomic E-state index is 12.2. The van der Waals surface area contributed by atoms with Crippen LogP contribution in [0.15, 0.2) is 24.3 Å². The summed E-state index contributed by atoms with van der Waals surface area (Å²) in [5.74, 6) is -0.883. The highest BCUT2D eigenvalue weighted by Gasteiger charge is 2.19. The summed E-state index contributed by atoms with van der Waals surface area (Å²) in [5.41, 5.74) is 5.99. The number of likely N-dealkylation sites (N-methyl/N-ethyl adjacent to an activating group) is 1. The Labute approximate surface area is 167 Å².